The fourth-order valence-corrected chi connectivity index (χ4v) is 1.44. The number of H-pyrrole nitrogens is 1. The van der Waals surface area contributed by atoms with Crippen LogP contribution in [-0.4, -0.2) is 21.7 Å². The third kappa shape index (κ3) is 2.39. The Balaban J connectivity index is 2.19. The Morgan fingerprint density at radius 1 is 1.38 bits per heavy atom. The fraction of sp³-hybridized carbons (Fsp3) is 0.333. The van der Waals surface area contributed by atoms with Gasteiger partial charge in [-0.3, -0.25) is 10.1 Å². The summed E-state index contributed by atoms with van der Waals surface area (Å²) in [5.74, 6) is 0.603. The minimum atomic E-state index is 0.603. The monoisotopic (exact) mass is 216 g/mol. The smallest absolute Gasteiger partial charge is 0.107 e. The molecule has 0 saturated carbocycles. The molecule has 0 aliphatic heterocycles. The molecule has 2 rings (SSSR count). The second-order valence-corrected chi connectivity index (χ2v) is 4.15. The van der Waals surface area contributed by atoms with E-state index in [4.69, 9.17) is 0 Å². The molecule has 0 radical (unpaired) electrons. The Kier molecular flexibility index (Phi) is 3.19. The average molecular weight is 216 g/mol. The van der Waals surface area contributed by atoms with Gasteiger partial charge >= 0.3 is 0 Å². The topological polar surface area (TPSA) is 53.6 Å². The first-order valence-corrected chi connectivity index (χ1v) is 5.46. The van der Waals surface area contributed by atoms with Gasteiger partial charge in [-0.1, -0.05) is 19.9 Å². The van der Waals surface area contributed by atoms with Gasteiger partial charge in [0.05, 0.1) is 17.6 Å². The number of aromatic nitrogens is 3. The summed E-state index contributed by atoms with van der Waals surface area (Å²) < 4.78 is 0. The molecule has 0 fully saturated rings. The molecule has 0 spiro atoms. The van der Waals surface area contributed by atoms with Crippen LogP contribution in [0.4, 0.5) is 5.69 Å². The van der Waals surface area contributed by atoms with E-state index in [1.807, 2.05) is 18.2 Å². The molecular weight excluding hydrogens is 200 g/mol. The van der Waals surface area contributed by atoms with Crippen molar-refractivity contribution >= 4 is 5.69 Å². The standard InChI is InChI=1S/C12H16N4/c1-9(2)7-14-11-8-15-16-12(11)10-5-3-4-6-13-10/h3-6,8-9,14H,7H2,1-2H3,(H,15,16). The predicted octanol–water partition coefficient (Wildman–Crippen LogP) is 2.54. The van der Waals surface area contributed by atoms with Gasteiger partial charge in [-0.25, -0.2) is 0 Å². The molecule has 0 unspecified atom stereocenters. The first kappa shape index (κ1) is 10.7. The van der Waals surface area contributed by atoms with Crippen LogP contribution in [0.5, 0.6) is 0 Å². The molecular formula is C12H16N4. The van der Waals surface area contributed by atoms with Crippen LogP contribution in [0.1, 0.15) is 13.8 Å². The maximum Gasteiger partial charge on any atom is 0.107 e. The molecule has 16 heavy (non-hydrogen) atoms. The Bertz CT molecular complexity index is 433. The lowest BCUT2D eigenvalue weighted by atomic mass is 10.2. The summed E-state index contributed by atoms with van der Waals surface area (Å²) in [6.07, 6.45) is 3.58. The lowest BCUT2D eigenvalue weighted by Gasteiger charge is -2.08. The van der Waals surface area contributed by atoms with Crippen LogP contribution in [0.25, 0.3) is 11.4 Å². The zero-order chi connectivity index (χ0) is 11.4. The highest BCUT2D eigenvalue weighted by molar-refractivity contribution is 5.70. The number of rotatable bonds is 4. The number of nitrogens with zero attached hydrogens (tertiary/aromatic N) is 2. The number of nitrogens with one attached hydrogen (secondary N) is 2. The van der Waals surface area contributed by atoms with Crippen LogP contribution in [-0.2, 0) is 0 Å². The number of anilines is 1. The highest BCUT2D eigenvalue weighted by Gasteiger charge is 2.08. The Morgan fingerprint density at radius 3 is 2.94 bits per heavy atom. The van der Waals surface area contributed by atoms with Gasteiger partial charge in [-0.15, -0.1) is 0 Å². The molecule has 2 heterocycles. The molecule has 0 saturated heterocycles. The summed E-state index contributed by atoms with van der Waals surface area (Å²) in [5.41, 5.74) is 2.86. The van der Waals surface area contributed by atoms with Crippen molar-refractivity contribution in [3.63, 3.8) is 0 Å². The molecule has 2 aromatic heterocycles. The minimum Gasteiger partial charge on any atom is -0.382 e. The van der Waals surface area contributed by atoms with Gasteiger partial charge in [0.15, 0.2) is 0 Å². The lowest BCUT2D eigenvalue weighted by Crippen LogP contribution is -2.08. The van der Waals surface area contributed by atoms with Gasteiger partial charge in [0.25, 0.3) is 0 Å². The van der Waals surface area contributed by atoms with E-state index in [0.717, 1.165) is 23.6 Å². The molecule has 0 aliphatic carbocycles. The van der Waals surface area contributed by atoms with Crippen LogP contribution in [0.2, 0.25) is 0 Å². The van der Waals surface area contributed by atoms with E-state index in [9.17, 15) is 0 Å². The van der Waals surface area contributed by atoms with E-state index in [-0.39, 0.29) is 0 Å². The fourth-order valence-electron chi connectivity index (χ4n) is 1.44. The lowest BCUT2D eigenvalue weighted by molar-refractivity contribution is 0.689. The van der Waals surface area contributed by atoms with E-state index in [1.165, 1.54) is 0 Å². The number of aromatic amines is 1. The SMILES string of the molecule is CC(C)CNc1cn[nH]c1-c1ccccn1. The summed E-state index contributed by atoms with van der Waals surface area (Å²) in [5, 5.41) is 10.4. The molecule has 2 aromatic rings. The summed E-state index contributed by atoms with van der Waals surface area (Å²) in [4.78, 5) is 4.30. The van der Waals surface area contributed by atoms with Gasteiger partial charge < -0.3 is 5.32 Å². The highest BCUT2D eigenvalue weighted by Crippen LogP contribution is 2.22. The van der Waals surface area contributed by atoms with E-state index in [2.05, 4.69) is 34.3 Å². The summed E-state index contributed by atoms with van der Waals surface area (Å²) in [6, 6.07) is 5.84. The molecule has 0 aliphatic rings. The Morgan fingerprint density at radius 2 is 2.25 bits per heavy atom. The van der Waals surface area contributed by atoms with Gasteiger partial charge in [0.2, 0.25) is 0 Å². The summed E-state index contributed by atoms with van der Waals surface area (Å²) in [7, 11) is 0. The zero-order valence-corrected chi connectivity index (χ0v) is 9.57. The van der Waals surface area contributed by atoms with Crippen LogP contribution < -0.4 is 5.32 Å². The first-order valence-electron chi connectivity index (χ1n) is 5.46. The van der Waals surface area contributed by atoms with Crippen molar-refractivity contribution in [2.75, 3.05) is 11.9 Å². The number of hydrogen-bond donors (Lipinski definition) is 2. The van der Waals surface area contributed by atoms with Crippen molar-refractivity contribution in [1.82, 2.24) is 15.2 Å². The van der Waals surface area contributed by atoms with Crippen molar-refractivity contribution in [1.29, 1.82) is 0 Å². The molecule has 0 aromatic carbocycles. The van der Waals surface area contributed by atoms with E-state index in [1.54, 1.807) is 12.4 Å². The average Bonchev–Trinajstić information content (AvgIpc) is 2.75. The Labute approximate surface area is 95.1 Å². The first-order chi connectivity index (χ1) is 7.77. The van der Waals surface area contributed by atoms with E-state index >= 15 is 0 Å². The van der Waals surface area contributed by atoms with Crippen molar-refractivity contribution < 1.29 is 0 Å². The number of pyridine rings is 1. The van der Waals surface area contributed by atoms with Crippen molar-refractivity contribution in [3.05, 3.63) is 30.6 Å². The normalized spacial score (nSPS) is 10.7. The maximum absolute atomic E-state index is 4.30. The second-order valence-electron chi connectivity index (χ2n) is 4.15. The molecule has 2 N–H and O–H groups in total. The van der Waals surface area contributed by atoms with Gasteiger partial charge in [0.1, 0.15) is 5.69 Å². The predicted molar refractivity (Wildman–Crippen MR) is 65.1 cm³/mol. The molecule has 0 bridgehead atoms. The number of hydrogen-bond acceptors (Lipinski definition) is 3. The molecule has 4 heteroatoms. The highest BCUT2D eigenvalue weighted by atomic mass is 15.1. The second kappa shape index (κ2) is 4.79. The molecule has 4 nitrogen and oxygen atoms in total. The van der Waals surface area contributed by atoms with Crippen LogP contribution in [0.3, 0.4) is 0 Å². The van der Waals surface area contributed by atoms with Crippen LogP contribution in [0, 0.1) is 5.92 Å². The van der Waals surface area contributed by atoms with E-state index < -0.39 is 0 Å². The maximum atomic E-state index is 4.30. The summed E-state index contributed by atoms with van der Waals surface area (Å²) >= 11 is 0. The largest absolute Gasteiger partial charge is 0.382 e. The quantitative estimate of drug-likeness (QED) is 0.825. The third-order valence-corrected chi connectivity index (χ3v) is 2.26. The van der Waals surface area contributed by atoms with Gasteiger partial charge in [-0.2, -0.15) is 5.10 Å². The Hall–Kier alpha value is -1.84. The van der Waals surface area contributed by atoms with E-state index in [0.29, 0.717) is 5.92 Å². The molecule has 0 amide bonds. The van der Waals surface area contributed by atoms with Crippen molar-refractivity contribution in [2.24, 2.45) is 5.92 Å². The van der Waals surface area contributed by atoms with Crippen molar-refractivity contribution in [2.45, 2.75) is 13.8 Å². The van der Waals surface area contributed by atoms with Gasteiger partial charge in [0, 0.05) is 12.7 Å². The van der Waals surface area contributed by atoms with Crippen molar-refractivity contribution in [3.8, 4) is 11.4 Å². The summed E-state index contributed by atoms with van der Waals surface area (Å²) in [6.45, 7) is 5.28. The van der Waals surface area contributed by atoms with Gasteiger partial charge in [-0.05, 0) is 18.1 Å². The molecule has 0 atom stereocenters. The zero-order valence-electron chi connectivity index (χ0n) is 9.57. The molecule has 84 valence electrons. The van der Waals surface area contributed by atoms with Crippen LogP contribution >= 0.6 is 0 Å². The van der Waals surface area contributed by atoms with Crippen LogP contribution in [0.15, 0.2) is 30.6 Å². The third-order valence-electron chi connectivity index (χ3n) is 2.26. The minimum absolute atomic E-state index is 0.603.